The maximum atomic E-state index is 11.4. The molecule has 0 radical (unpaired) electrons. The van der Waals surface area contributed by atoms with E-state index in [0.29, 0.717) is 5.82 Å². The topological polar surface area (TPSA) is 63.8 Å². The number of hydrogen-bond donors (Lipinski definition) is 2. The number of fused-ring (bicyclic) bond motifs is 3. The summed E-state index contributed by atoms with van der Waals surface area (Å²) in [6.07, 6.45) is 0. The fraction of sp³-hybridized carbons (Fsp3) is 0.154. The summed E-state index contributed by atoms with van der Waals surface area (Å²) in [5.41, 5.74) is 8.88. The fourth-order valence-corrected chi connectivity index (χ4v) is 2.51. The molecule has 1 aromatic carbocycles. The third-order valence-corrected chi connectivity index (χ3v) is 3.20. The summed E-state index contributed by atoms with van der Waals surface area (Å²) >= 11 is 0. The Balaban J connectivity index is 2.68. The van der Waals surface area contributed by atoms with Gasteiger partial charge in [-0.25, -0.2) is 0 Å². The third-order valence-electron chi connectivity index (χ3n) is 3.20. The van der Waals surface area contributed by atoms with Gasteiger partial charge in [-0.1, -0.05) is 0 Å². The largest absolute Gasteiger partial charge is 0.385 e. The Hall–Kier alpha value is -2.23. The van der Waals surface area contributed by atoms with E-state index in [1.807, 2.05) is 30.7 Å². The van der Waals surface area contributed by atoms with Crippen molar-refractivity contribution in [2.45, 2.75) is 6.92 Å². The number of anilines is 1. The number of aryl methyl sites for hydroxylation is 2. The molecule has 0 aliphatic heterocycles. The zero-order valence-electron chi connectivity index (χ0n) is 9.74. The van der Waals surface area contributed by atoms with E-state index in [2.05, 4.69) is 4.98 Å². The molecule has 0 saturated heterocycles. The highest BCUT2D eigenvalue weighted by atomic mass is 16.1. The van der Waals surface area contributed by atoms with Crippen LogP contribution in [0.15, 0.2) is 29.1 Å². The van der Waals surface area contributed by atoms with Crippen LogP contribution in [0.3, 0.4) is 0 Å². The predicted molar refractivity (Wildman–Crippen MR) is 70.2 cm³/mol. The van der Waals surface area contributed by atoms with E-state index in [4.69, 9.17) is 5.73 Å². The second-order valence-corrected chi connectivity index (χ2v) is 4.35. The molecule has 0 saturated carbocycles. The Labute approximate surface area is 97.7 Å². The van der Waals surface area contributed by atoms with Gasteiger partial charge in [0.25, 0.3) is 0 Å². The molecule has 17 heavy (non-hydrogen) atoms. The van der Waals surface area contributed by atoms with E-state index in [1.165, 1.54) is 0 Å². The van der Waals surface area contributed by atoms with Crippen LogP contribution >= 0.6 is 0 Å². The predicted octanol–water partition coefficient (Wildman–Crippen LogP) is 1.91. The number of rotatable bonds is 0. The Bertz CT molecular complexity index is 796. The lowest BCUT2D eigenvalue weighted by atomic mass is 10.1. The number of aromatic amines is 1. The number of aromatic nitrogens is 2. The first kappa shape index (κ1) is 9.96. The first-order chi connectivity index (χ1) is 8.08. The van der Waals surface area contributed by atoms with E-state index in [-0.39, 0.29) is 5.43 Å². The lowest BCUT2D eigenvalue weighted by Crippen LogP contribution is -1.97. The van der Waals surface area contributed by atoms with Crippen LogP contribution in [0.25, 0.3) is 21.8 Å². The number of nitrogens with one attached hydrogen (secondary N) is 1. The summed E-state index contributed by atoms with van der Waals surface area (Å²) in [5.74, 6) is 0.633. The third kappa shape index (κ3) is 1.27. The minimum Gasteiger partial charge on any atom is -0.385 e. The Morgan fingerprint density at radius 3 is 2.76 bits per heavy atom. The zero-order chi connectivity index (χ0) is 12.2. The van der Waals surface area contributed by atoms with Gasteiger partial charge in [0.1, 0.15) is 5.82 Å². The summed E-state index contributed by atoms with van der Waals surface area (Å²) in [6.45, 7) is 1.98. The van der Waals surface area contributed by atoms with Crippen molar-refractivity contribution < 1.29 is 0 Å². The first-order valence-electron chi connectivity index (χ1n) is 5.45. The molecular weight excluding hydrogens is 214 g/mol. The van der Waals surface area contributed by atoms with Gasteiger partial charge in [0.05, 0.1) is 11.0 Å². The van der Waals surface area contributed by atoms with Gasteiger partial charge in [-0.3, -0.25) is 4.79 Å². The van der Waals surface area contributed by atoms with E-state index in [9.17, 15) is 4.79 Å². The average Bonchev–Trinajstić information content (AvgIpc) is 2.52. The van der Waals surface area contributed by atoms with Gasteiger partial charge in [-0.05, 0) is 25.1 Å². The molecule has 0 atom stereocenters. The molecular formula is C13H13N3O. The standard InChI is InChI=1S/C13H13N3O/c1-7-13-10(6-12(14)15-7)9-4-3-8(17)5-11(9)16(13)2/h3-6,15H,14H2,1-2H3. The van der Waals surface area contributed by atoms with E-state index in [1.54, 1.807) is 12.1 Å². The van der Waals surface area contributed by atoms with Crippen LogP contribution in [0.1, 0.15) is 5.69 Å². The molecule has 4 nitrogen and oxygen atoms in total. The molecule has 0 amide bonds. The lowest BCUT2D eigenvalue weighted by Gasteiger charge is -2.03. The molecule has 0 aliphatic carbocycles. The monoisotopic (exact) mass is 227 g/mol. The molecule has 0 unspecified atom stereocenters. The number of nitrogens with two attached hydrogens (primary N) is 1. The van der Waals surface area contributed by atoms with Crippen LogP contribution in [0.5, 0.6) is 0 Å². The average molecular weight is 227 g/mol. The highest BCUT2D eigenvalue weighted by Gasteiger charge is 2.11. The minimum atomic E-state index is 0.0259. The molecule has 3 N–H and O–H groups in total. The highest BCUT2D eigenvalue weighted by molar-refractivity contribution is 6.09. The van der Waals surface area contributed by atoms with Gasteiger partial charge in [0, 0.05) is 29.6 Å². The molecule has 0 spiro atoms. The van der Waals surface area contributed by atoms with Crippen LogP contribution in [0.4, 0.5) is 5.82 Å². The number of H-pyrrole nitrogens is 1. The second kappa shape index (κ2) is 3.13. The maximum Gasteiger partial charge on any atom is 0.180 e. The van der Waals surface area contributed by atoms with Crippen molar-refractivity contribution >= 4 is 27.6 Å². The van der Waals surface area contributed by atoms with Crippen molar-refractivity contribution in [3.63, 3.8) is 0 Å². The van der Waals surface area contributed by atoms with Crippen LogP contribution in [0.2, 0.25) is 0 Å². The van der Waals surface area contributed by atoms with Crippen LogP contribution in [-0.4, -0.2) is 9.55 Å². The van der Waals surface area contributed by atoms with Gasteiger partial charge in [0.2, 0.25) is 0 Å². The van der Waals surface area contributed by atoms with Gasteiger partial charge in [-0.15, -0.1) is 0 Å². The number of hydrogen-bond acceptors (Lipinski definition) is 2. The van der Waals surface area contributed by atoms with Gasteiger partial charge in [0.15, 0.2) is 5.43 Å². The Morgan fingerprint density at radius 1 is 1.24 bits per heavy atom. The second-order valence-electron chi connectivity index (χ2n) is 4.35. The first-order valence-corrected chi connectivity index (χ1v) is 5.45. The van der Waals surface area contributed by atoms with Gasteiger partial charge in [-0.2, -0.15) is 0 Å². The van der Waals surface area contributed by atoms with Gasteiger partial charge < -0.3 is 15.3 Å². The number of benzene rings is 1. The highest BCUT2D eigenvalue weighted by Crippen LogP contribution is 2.29. The molecule has 4 heteroatoms. The molecule has 3 rings (SSSR count). The normalized spacial score (nSPS) is 11.4. The van der Waals surface area contributed by atoms with Crippen molar-refractivity contribution in [3.8, 4) is 0 Å². The smallest absolute Gasteiger partial charge is 0.180 e. The quantitative estimate of drug-likeness (QED) is 0.616. The molecule has 0 aliphatic rings. The van der Waals surface area contributed by atoms with Crippen molar-refractivity contribution in [2.24, 2.45) is 7.05 Å². The van der Waals surface area contributed by atoms with Crippen LogP contribution < -0.4 is 11.2 Å². The van der Waals surface area contributed by atoms with E-state index in [0.717, 1.165) is 27.5 Å². The van der Waals surface area contributed by atoms with E-state index < -0.39 is 0 Å². The molecule has 86 valence electrons. The number of nitrogen functional groups attached to an aromatic ring is 1. The molecule has 0 fully saturated rings. The summed E-state index contributed by atoms with van der Waals surface area (Å²) < 4.78 is 2.03. The minimum absolute atomic E-state index is 0.0259. The summed E-state index contributed by atoms with van der Waals surface area (Å²) in [5, 5.41) is 2.14. The molecule has 2 heterocycles. The summed E-state index contributed by atoms with van der Waals surface area (Å²) in [7, 11) is 1.96. The van der Waals surface area contributed by atoms with E-state index >= 15 is 0 Å². The summed E-state index contributed by atoms with van der Waals surface area (Å²) in [4.78, 5) is 14.5. The zero-order valence-corrected chi connectivity index (χ0v) is 9.74. The Morgan fingerprint density at radius 2 is 2.00 bits per heavy atom. The van der Waals surface area contributed by atoms with Crippen molar-refractivity contribution in [3.05, 3.63) is 40.2 Å². The maximum absolute atomic E-state index is 11.4. The van der Waals surface area contributed by atoms with Gasteiger partial charge >= 0.3 is 0 Å². The molecule has 0 bridgehead atoms. The lowest BCUT2D eigenvalue weighted by molar-refractivity contribution is 0.997. The fourth-order valence-electron chi connectivity index (χ4n) is 2.51. The number of pyridine rings is 1. The Kier molecular flexibility index (Phi) is 1.84. The molecule has 2 aromatic heterocycles. The van der Waals surface area contributed by atoms with Crippen molar-refractivity contribution in [1.82, 2.24) is 9.55 Å². The summed E-state index contributed by atoms with van der Waals surface area (Å²) in [6, 6.07) is 7.02. The van der Waals surface area contributed by atoms with Crippen molar-refractivity contribution in [1.29, 1.82) is 0 Å². The number of nitrogens with zero attached hydrogens (tertiary/aromatic N) is 1. The van der Waals surface area contributed by atoms with Crippen LogP contribution in [-0.2, 0) is 7.05 Å². The van der Waals surface area contributed by atoms with Crippen molar-refractivity contribution in [2.75, 3.05) is 5.73 Å². The molecule has 3 aromatic rings. The SMILES string of the molecule is Cc1[nH]c(N)cc2c3ccc(=O)cc3n(C)c12. The van der Waals surface area contributed by atoms with Crippen LogP contribution in [0, 0.1) is 6.92 Å².